The Morgan fingerprint density at radius 2 is 1.96 bits per heavy atom. The molecule has 0 N–H and O–H groups in total. The van der Waals surface area contributed by atoms with E-state index in [1.54, 1.807) is 23.9 Å². The van der Waals surface area contributed by atoms with Crippen LogP contribution in [0.25, 0.3) is 0 Å². The number of amides is 1. The molecule has 26 heavy (non-hydrogen) atoms. The smallest absolute Gasteiger partial charge is 0.338 e. The summed E-state index contributed by atoms with van der Waals surface area (Å²) in [6.45, 7) is 2.55. The van der Waals surface area contributed by atoms with Crippen LogP contribution in [0, 0.1) is 0 Å². The number of likely N-dealkylation sites (tertiary alicyclic amines) is 1. The lowest BCUT2D eigenvalue weighted by molar-refractivity contribution is -0.153. The normalized spacial score (nSPS) is 16.2. The zero-order valence-corrected chi connectivity index (χ0v) is 16.0. The highest BCUT2D eigenvalue weighted by molar-refractivity contribution is 7.99. The molecule has 1 fully saturated rings. The molecule has 142 valence electrons. The lowest BCUT2D eigenvalue weighted by Gasteiger charge is -2.39. The number of carbonyl (C=O) groups is 3. The van der Waals surface area contributed by atoms with E-state index < -0.39 is 5.97 Å². The van der Waals surface area contributed by atoms with Crippen LogP contribution in [0.5, 0.6) is 0 Å². The second kappa shape index (κ2) is 10.2. The first-order valence-corrected chi connectivity index (χ1v) is 9.84. The quantitative estimate of drug-likeness (QED) is 0.353. The van der Waals surface area contributed by atoms with Gasteiger partial charge in [-0.15, -0.1) is 11.8 Å². The summed E-state index contributed by atoms with van der Waals surface area (Å²) in [5, 5.41) is -0.00944. The Morgan fingerprint density at radius 1 is 1.23 bits per heavy atom. The number of benzene rings is 1. The first-order chi connectivity index (χ1) is 12.5. The van der Waals surface area contributed by atoms with Crippen LogP contribution in [0.2, 0.25) is 0 Å². The van der Waals surface area contributed by atoms with E-state index in [1.165, 1.54) is 12.0 Å². The molecule has 0 saturated carbocycles. The molecule has 0 spiro atoms. The van der Waals surface area contributed by atoms with Gasteiger partial charge in [-0.1, -0.05) is 31.9 Å². The van der Waals surface area contributed by atoms with E-state index in [0.29, 0.717) is 24.3 Å². The van der Waals surface area contributed by atoms with Crippen LogP contribution in [-0.2, 0) is 24.8 Å². The van der Waals surface area contributed by atoms with Gasteiger partial charge in [0.05, 0.1) is 31.1 Å². The van der Waals surface area contributed by atoms with E-state index in [2.05, 4.69) is 11.7 Å². The van der Waals surface area contributed by atoms with Crippen molar-refractivity contribution in [2.24, 2.45) is 0 Å². The van der Waals surface area contributed by atoms with Crippen molar-refractivity contribution in [1.29, 1.82) is 0 Å². The Labute approximate surface area is 158 Å². The number of hydrogen-bond donors (Lipinski definition) is 0. The topological polar surface area (TPSA) is 72.9 Å². The number of nitrogens with zero attached hydrogens (tertiary/aromatic N) is 1. The van der Waals surface area contributed by atoms with Gasteiger partial charge >= 0.3 is 11.9 Å². The molecule has 1 atom stereocenters. The summed E-state index contributed by atoms with van der Waals surface area (Å²) in [7, 11) is 1.31. The molecule has 1 aliphatic rings. The minimum Gasteiger partial charge on any atom is -0.468 e. The number of β-lactam (4-membered cyclic amide) rings is 1. The van der Waals surface area contributed by atoms with Gasteiger partial charge < -0.3 is 14.4 Å². The fourth-order valence-corrected chi connectivity index (χ4v) is 3.71. The molecule has 0 radical (unpaired) electrons. The molecular formula is C19H25NO5S. The first kappa shape index (κ1) is 20.3. The Balaban J connectivity index is 1.77. The number of unbranched alkanes of at least 4 members (excludes halogenated alkanes) is 2. The second-order valence-corrected chi connectivity index (χ2v) is 7.27. The predicted octanol–water partition coefficient (Wildman–Crippen LogP) is 3.00. The van der Waals surface area contributed by atoms with Crippen molar-refractivity contribution in [2.45, 2.75) is 43.7 Å². The van der Waals surface area contributed by atoms with Crippen LogP contribution in [0.4, 0.5) is 0 Å². The average Bonchev–Trinajstić information content (AvgIpc) is 2.66. The first-order valence-electron chi connectivity index (χ1n) is 8.79. The molecule has 1 aliphatic heterocycles. The highest BCUT2D eigenvalue weighted by Crippen LogP contribution is 2.31. The molecule has 1 heterocycles. The Hall–Kier alpha value is -2.02. The van der Waals surface area contributed by atoms with Crippen LogP contribution in [0.1, 0.15) is 48.5 Å². The maximum absolute atomic E-state index is 11.9. The summed E-state index contributed by atoms with van der Waals surface area (Å²) in [5.74, 6) is -0.0461. The largest absolute Gasteiger partial charge is 0.468 e. The number of thioether (sulfide) groups is 1. The molecule has 1 amide bonds. The van der Waals surface area contributed by atoms with E-state index in [-0.39, 0.29) is 23.8 Å². The molecule has 0 aliphatic carbocycles. The van der Waals surface area contributed by atoms with Gasteiger partial charge in [-0.3, -0.25) is 9.59 Å². The number of ether oxygens (including phenoxy) is 2. The number of methoxy groups -OCH3 is 1. The van der Waals surface area contributed by atoms with Crippen molar-refractivity contribution in [1.82, 2.24) is 4.90 Å². The van der Waals surface area contributed by atoms with Gasteiger partial charge in [0.1, 0.15) is 6.54 Å². The minimum absolute atomic E-state index is 0.00416. The highest BCUT2D eigenvalue weighted by Gasteiger charge is 2.37. The summed E-state index contributed by atoms with van der Waals surface area (Å²) in [6, 6.07) is 7.30. The second-order valence-electron chi connectivity index (χ2n) is 6.11. The highest BCUT2D eigenvalue weighted by atomic mass is 32.2. The van der Waals surface area contributed by atoms with Crippen LogP contribution in [0.15, 0.2) is 24.3 Å². The van der Waals surface area contributed by atoms with Crippen molar-refractivity contribution in [2.75, 3.05) is 20.3 Å². The van der Waals surface area contributed by atoms with Crippen LogP contribution < -0.4 is 0 Å². The molecule has 1 aromatic carbocycles. The molecule has 6 nitrogen and oxygen atoms in total. The van der Waals surface area contributed by atoms with E-state index in [9.17, 15) is 14.4 Å². The van der Waals surface area contributed by atoms with Gasteiger partial charge in [-0.05, 0) is 24.1 Å². The summed E-state index contributed by atoms with van der Waals surface area (Å²) in [5.41, 5.74) is 1.59. The maximum atomic E-state index is 11.9. The minimum atomic E-state index is -0.412. The molecule has 0 bridgehead atoms. The number of rotatable bonds is 10. The number of carbonyl (C=O) groups excluding carboxylic acids is 3. The van der Waals surface area contributed by atoms with Gasteiger partial charge in [0.2, 0.25) is 5.91 Å². The fourth-order valence-electron chi connectivity index (χ4n) is 2.50. The van der Waals surface area contributed by atoms with Crippen molar-refractivity contribution < 1.29 is 23.9 Å². The third-order valence-electron chi connectivity index (χ3n) is 4.16. The molecule has 2 rings (SSSR count). The summed E-state index contributed by atoms with van der Waals surface area (Å²) < 4.78 is 9.84. The van der Waals surface area contributed by atoms with Gasteiger partial charge in [0, 0.05) is 5.75 Å². The lowest BCUT2D eigenvalue weighted by Crippen LogP contribution is -2.52. The average molecular weight is 379 g/mol. The summed E-state index contributed by atoms with van der Waals surface area (Å²) in [6.07, 6.45) is 3.47. The van der Waals surface area contributed by atoms with E-state index in [0.717, 1.165) is 24.8 Å². The summed E-state index contributed by atoms with van der Waals surface area (Å²) >= 11 is 1.60. The predicted molar refractivity (Wildman–Crippen MR) is 99.7 cm³/mol. The molecule has 1 unspecified atom stereocenters. The monoisotopic (exact) mass is 379 g/mol. The van der Waals surface area contributed by atoms with Crippen molar-refractivity contribution >= 4 is 29.6 Å². The fraction of sp³-hybridized carbons (Fsp3) is 0.526. The molecule has 1 aromatic rings. The molecule has 1 saturated heterocycles. The third-order valence-corrected chi connectivity index (χ3v) is 5.46. The van der Waals surface area contributed by atoms with E-state index in [1.807, 2.05) is 12.1 Å². The maximum Gasteiger partial charge on any atom is 0.338 e. The number of esters is 2. The van der Waals surface area contributed by atoms with Crippen LogP contribution >= 0.6 is 11.8 Å². The third kappa shape index (κ3) is 5.76. The number of hydrogen-bond acceptors (Lipinski definition) is 6. The Bertz CT molecular complexity index is 631. The summed E-state index contributed by atoms with van der Waals surface area (Å²) in [4.78, 5) is 36.4. The molecule has 0 aromatic heterocycles. The zero-order valence-electron chi connectivity index (χ0n) is 15.2. The van der Waals surface area contributed by atoms with Crippen LogP contribution in [0.3, 0.4) is 0 Å². The van der Waals surface area contributed by atoms with E-state index >= 15 is 0 Å². The van der Waals surface area contributed by atoms with Gasteiger partial charge in [-0.25, -0.2) is 4.79 Å². The van der Waals surface area contributed by atoms with E-state index in [4.69, 9.17) is 4.74 Å². The van der Waals surface area contributed by atoms with Crippen molar-refractivity contribution in [3.63, 3.8) is 0 Å². The Morgan fingerprint density at radius 3 is 2.58 bits per heavy atom. The van der Waals surface area contributed by atoms with Crippen LogP contribution in [-0.4, -0.2) is 48.4 Å². The van der Waals surface area contributed by atoms with Crippen molar-refractivity contribution in [3.8, 4) is 0 Å². The molecular weight excluding hydrogens is 354 g/mol. The Kier molecular flexibility index (Phi) is 7.97. The van der Waals surface area contributed by atoms with Gasteiger partial charge in [-0.2, -0.15) is 0 Å². The lowest BCUT2D eigenvalue weighted by atomic mass is 10.1. The van der Waals surface area contributed by atoms with Crippen molar-refractivity contribution in [3.05, 3.63) is 35.4 Å². The van der Waals surface area contributed by atoms with Gasteiger partial charge in [0.15, 0.2) is 0 Å². The standard InChI is InChI=1S/C19H25NO5S/c1-3-4-5-10-25-19(23)15-8-6-14(7-9-15)13-26-17-11-16(21)20(17)12-18(22)24-2/h6-9,17H,3-5,10-13H2,1-2H3. The molecule has 7 heteroatoms. The zero-order chi connectivity index (χ0) is 18.9. The SMILES string of the molecule is CCCCCOC(=O)c1ccc(CSC2CC(=O)N2CC(=O)OC)cc1. The van der Waals surface area contributed by atoms with Gasteiger partial charge in [0.25, 0.3) is 0 Å².